The van der Waals surface area contributed by atoms with Crippen molar-refractivity contribution in [3.05, 3.63) is 99.8 Å². The Balaban J connectivity index is 1.53. The van der Waals surface area contributed by atoms with Gasteiger partial charge in [0.05, 0.1) is 5.69 Å². The maximum atomic E-state index is 12.7. The number of amides is 1. The lowest BCUT2D eigenvalue weighted by atomic mass is 10.1. The zero-order valence-corrected chi connectivity index (χ0v) is 17.7. The van der Waals surface area contributed by atoms with E-state index >= 15 is 0 Å². The van der Waals surface area contributed by atoms with Crippen molar-refractivity contribution in [2.75, 3.05) is 6.54 Å². The minimum atomic E-state index is -0.236. The summed E-state index contributed by atoms with van der Waals surface area (Å²) in [6.45, 7) is 2.61. The molecule has 0 saturated carbocycles. The zero-order chi connectivity index (χ0) is 20.8. The molecule has 6 heteroatoms. The normalized spacial score (nSPS) is 10.8. The van der Waals surface area contributed by atoms with Gasteiger partial charge in [-0.3, -0.25) is 4.79 Å². The first kappa shape index (κ1) is 20.0. The molecule has 1 amide bonds. The van der Waals surface area contributed by atoms with E-state index in [9.17, 15) is 4.79 Å². The van der Waals surface area contributed by atoms with Crippen LogP contribution in [-0.4, -0.2) is 27.2 Å². The molecule has 0 saturated heterocycles. The van der Waals surface area contributed by atoms with Gasteiger partial charge in [0.25, 0.3) is 5.91 Å². The topological polar surface area (TPSA) is 59.8 Å². The van der Waals surface area contributed by atoms with Crippen LogP contribution in [0.5, 0.6) is 0 Å². The molecule has 2 aromatic carbocycles. The zero-order valence-electron chi connectivity index (χ0n) is 16.9. The third kappa shape index (κ3) is 4.83. The lowest BCUT2D eigenvalue weighted by molar-refractivity contribution is 0.0944. The number of benzene rings is 2. The summed E-state index contributed by atoms with van der Waals surface area (Å²) in [4.78, 5) is 18.5. The molecule has 0 unspecified atom stereocenters. The molecule has 152 valence electrons. The largest absolute Gasteiger partial charge is 0.349 e. The summed E-state index contributed by atoms with van der Waals surface area (Å²) in [6.07, 6.45) is 2.35. The number of nitrogens with one attached hydrogen (secondary N) is 1. The van der Waals surface area contributed by atoms with Crippen molar-refractivity contribution in [2.24, 2.45) is 0 Å². The first-order chi connectivity index (χ1) is 14.7. The second-order valence-electron chi connectivity index (χ2n) is 7.12. The predicted molar refractivity (Wildman–Crippen MR) is 120 cm³/mol. The number of thiophene rings is 1. The number of carbonyl (C=O) groups excluding carboxylic acids is 1. The summed E-state index contributed by atoms with van der Waals surface area (Å²) < 4.78 is 1.81. The van der Waals surface area contributed by atoms with Gasteiger partial charge in [-0.1, -0.05) is 54.6 Å². The van der Waals surface area contributed by atoms with Gasteiger partial charge >= 0.3 is 0 Å². The molecule has 0 atom stereocenters. The Morgan fingerprint density at radius 1 is 0.967 bits per heavy atom. The van der Waals surface area contributed by atoms with E-state index in [1.165, 1.54) is 10.4 Å². The van der Waals surface area contributed by atoms with Crippen LogP contribution >= 0.6 is 11.3 Å². The van der Waals surface area contributed by atoms with Crippen LogP contribution in [-0.2, 0) is 19.3 Å². The maximum absolute atomic E-state index is 12.7. The van der Waals surface area contributed by atoms with Crippen LogP contribution < -0.4 is 5.32 Å². The summed E-state index contributed by atoms with van der Waals surface area (Å²) in [5.41, 5.74) is 3.28. The predicted octanol–water partition coefficient (Wildman–Crippen LogP) is 4.39. The molecule has 2 aromatic heterocycles. The molecule has 0 bridgehead atoms. The van der Waals surface area contributed by atoms with Crippen LogP contribution in [0.25, 0.3) is 5.69 Å². The Hall–Kier alpha value is -3.25. The van der Waals surface area contributed by atoms with Gasteiger partial charge in [0.15, 0.2) is 0 Å². The van der Waals surface area contributed by atoms with E-state index in [0.29, 0.717) is 13.0 Å². The van der Waals surface area contributed by atoms with Crippen molar-refractivity contribution in [1.29, 1.82) is 0 Å². The summed E-state index contributed by atoms with van der Waals surface area (Å²) in [5.74, 6) is 0.768. The lowest BCUT2D eigenvalue weighted by Gasteiger charge is -2.08. The van der Waals surface area contributed by atoms with Gasteiger partial charge in [-0.2, -0.15) is 0 Å². The Bertz CT molecular complexity index is 1100. The molecule has 0 spiro atoms. The highest BCUT2D eigenvalue weighted by Gasteiger charge is 2.18. The van der Waals surface area contributed by atoms with Gasteiger partial charge in [-0.15, -0.1) is 16.4 Å². The van der Waals surface area contributed by atoms with Crippen molar-refractivity contribution in [3.8, 4) is 5.69 Å². The van der Waals surface area contributed by atoms with E-state index in [4.69, 9.17) is 0 Å². The van der Waals surface area contributed by atoms with Crippen molar-refractivity contribution in [1.82, 2.24) is 20.1 Å². The number of aromatic nitrogens is 3. The molecule has 5 nitrogen and oxygen atoms in total. The molecule has 0 aliphatic heterocycles. The molecule has 0 radical (unpaired) electrons. The third-order valence-electron chi connectivity index (χ3n) is 4.94. The molecular weight excluding hydrogens is 392 g/mol. The summed E-state index contributed by atoms with van der Waals surface area (Å²) in [5, 5.41) is 9.56. The fourth-order valence-electron chi connectivity index (χ4n) is 3.33. The van der Waals surface area contributed by atoms with Crippen molar-refractivity contribution in [2.45, 2.75) is 26.2 Å². The number of para-hydroxylation sites is 1. The minimum Gasteiger partial charge on any atom is -0.349 e. The van der Waals surface area contributed by atoms with Gasteiger partial charge in [0, 0.05) is 17.8 Å². The third-order valence-corrected chi connectivity index (χ3v) is 5.87. The van der Waals surface area contributed by atoms with Gasteiger partial charge in [0.1, 0.15) is 5.82 Å². The van der Waals surface area contributed by atoms with E-state index in [-0.39, 0.29) is 11.7 Å². The van der Waals surface area contributed by atoms with Crippen LogP contribution in [0.1, 0.15) is 32.4 Å². The van der Waals surface area contributed by atoms with E-state index in [0.717, 1.165) is 29.9 Å². The monoisotopic (exact) mass is 416 g/mol. The second kappa shape index (κ2) is 9.50. The van der Waals surface area contributed by atoms with E-state index < -0.39 is 0 Å². The average Bonchev–Trinajstić information content (AvgIpc) is 3.43. The lowest BCUT2D eigenvalue weighted by Crippen LogP contribution is -2.26. The number of hydrogen-bond donors (Lipinski definition) is 1. The average molecular weight is 417 g/mol. The standard InChI is InChI=1S/C24H24N4OS/c1-18-8-5-6-12-21(18)28-22(14-13-19-9-3-2-4-10-19)26-23(27-28)24(29)25-16-15-20-11-7-17-30-20/h2-12,17H,13-16H2,1H3,(H,25,29). The fraction of sp³-hybridized carbons (Fsp3) is 0.208. The van der Waals surface area contributed by atoms with Crippen LogP contribution in [0, 0.1) is 6.92 Å². The second-order valence-corrected chi connectivity index (χ2v) is 8.15. The van der Waals surface area contributed by atoms with Crippen molar-refractivity contribution >= 4 is 17.2 Å². The summed E-state index contributed by atoms with van der Waals surface area (Å²) >= 11 is 1.69. The van der Waals surface area contributed by atoms with Crippen LogP contribution in [0.3, 0.4) is 0 Å². The highest BCUT2D eigenvalue weighted by Crippen LogP contribution is 2.16. The van der Waals surface area contributed by atoms with Gasteiger partial charge in [-0.05, 0) is 48.4 Å². The Morgan fingerprint density at radius 2 is 1.77 bits per heavy atom. The smallest absolute Gasteiger partial charge is 0.290 e. The highest BCUT2D eigenvalue weighted by molar-refractivity contribution is 7.09. The minimum absolute atomic E-state index is 0.215. The Labute approximate surface area is 180 Å². The maximum Gasteiger partial charge on any atom is 0.290 e. The van der Waals surface area contributed by atoms with Crippen molar-refractivity contribution in [3.63, 3.8) is 0 Å². The number of aryl methyl sites for hydroxylation is 3. The first-order valence-corrected chi connectivity index (χ1v) is 10.9. The number of rotatable bonds is 8. The van der Waals surface area contributed by atoms with Gasteiger partial charge in [-0.25, -0.2) is 9.67 Å². The van der Waals surface area contributed by atoms with Gasteiger partial charge < -0.3 is 5.32 Å². The number of nitrogens with zero attached hydrogens (tertiary/aromatic N) is 3. The molecule has 4 aromatic rings. The SMILES string of the molecule is Cc1ccccc1-n1nc(C(=O)NCCc2cccs2)nc1CCc1ccccc1. The molecule has 0 aliphatic rings. The van der Waals surface area contributed by atoms with Crippen LogP contribution in [0.15, 0.2) is 72.1 Å². The summed E-state index contributed by atoms with van der Waals surface area (Å²) in [6, 6.07) is 22.4. The highest BCUT2D eigenvalue weighted by atomic mass is 32.1. The van der Waals surface area contributed by atoms with Crippen LogP contribution in [0.4, 0.5) is 0 Å². The quantitative estimate of drug-likeness (QED) is 0.463. The van der Waals surface area contributed by atoms with Gasteiger partial charge in [0.2, 0.25) is 5.82 Å². The van der Waals surface area contributed by atoms with E-state index in [2.05, 4.69) is 33.6 Å². The Kier molecular flexibility index (Phi) is 6.35. The fourth-order valence-corrected chi connectivity index (χ4v) is 4.04. The molecule has 1 N–H and O–H groups in total. The molecule has 0 aliphatic carbocycles. The molecule has 30 heavy (non-hydrogen) atoms. The summed E-state index contributed by atoms with van der Waals surface area (Å²) in [7, 11) is 0. The van der Waals surface area contributed by atoms with Crippen molar-refractivity contribution < 1.29 is 4.79 Å². The number of hydrogen-bond acceptors (Lipinski definition) is 4. The molecule has 2 heterocycles. The molecular formula is C24H24N4OS. The van der Waals surface area contributed by atoms with Crippen LogP contribution in [0.2, 0.25) is 0 Å². The first-order valence-electron chi connectivity index (χ1n) is 10.1. The molecule has 0 fully saturated rings. The van der Waals surface area contributed by atoms with E-state index in [1.807, 2.05) is 65.5 Å². The Morgan fingerprint density at radius 3 is 2.53 bits per heavy atom. The molecule has 4 rings (SSSR count). The number of carbonyl (C=O) groups is 1. The van der Waals surface area contributed by atoms with E-state index in [1.54, 1.807) is 11.3 Å².